The highest BCUT2D eigenvalue weighted by molar-refractivity contribution is 7.92. The van der Waals surface area contributed by atoms with E-state index in [-0.39, 0.29) is 40.2 Å². The fourth-order valence-electron chi connectivity index (χ4n) is 5.24. The quantitative estimate of drug-likeness (QED) is 0.141. The molecule has 4 aromatic carbocycles. The van der Waals surface area contributed by atoms with Gasteiger partial charge in [-0.05, 0) is 67.3 Å². The van der Waals surface area contributed by atoms with E-state index < -0.39 is 28.5 Å². The smallest absolute Gasteiger partial charge is 0.264 e. The number of rotatable bonds is 15. The van der Waals surface area contributed by atoms with Gasteiger partial charge in [0, 0.05) is 24.5 Å². The minimum absolute atomic E-state index is 0.00141. The molecule has 8 nitrogen and oxygen atoms in total. The van der Waals surface area contributed by atoms with Crippen LogP contribution in [-0.4, -0.2) is 51.4 Å². The number of hydrogen-bond donors (Lipinski definition) is 1. The molecule has 0 saturated heterocycles. The third-order valence-corrected chi connectivity index (χ3v) is 10.0. The fourth-order valence-corrected chi connectivity index (χ4v) is 6.82. The molecule has 0 aliphatic carbocycles. The lowest BCUT2D eigenvalue weighted by molar-refractivity contribution is -0.140. The summed E-state index contributed by atoms with van der Waals surface area (Å²) in [6.45, 7) is 5.78. The van der Waals surface area contributed by atoms with Crippen molar-refractivity contribution < 1.29 is 22.7 Å². The molecule has 47 heavy (non-hydrogen) atoms. The van der Waals surface area contributed by atoms with Crippen LogP contribution in [0.3, 0.4) is 0 Å². The highest BCUT2D eigenvalue weighted by Gasteiger charge is 2.35. The first-order valence-corrected chi connectivity index (χ1v) is 17.5. The van der Waals surface area contributed by atoms with Gasteiger partial charge in [-0.1, -0.05) is 97.2 Å². The van der Waals surface area contributed by atoms with Crippen LogP contribution in [0.4, 0.5) is 5.69 Å². The van der Waals surface area contributed by atoms with E-state index in [1.54, 1.807) is 24.3 Å². The summed E-state index contributed by atoms with van der Waals surface area (Å²) in [6.07, 6.45) is 1.91. The molecule has 2 amide bonds. The molecule has 248 valence electrons. The SMILES string of the molecule is CCCCNC(=O)[C@H](Cc1ccccc1)N(Cc1ccccc1C)C(=O)CN(c1cc(Cl)ccc1OC)S(=O)(=O)c1ccc(C)cc1. The van der Waals surface area contributed by atoms with E-state index in [1.807, 2.05) is 75.4 Å². The van der Waals surface area contributed by atoms with E-state index in [2.05, 4.69) is 5.32 Å². The number of amides is 2. The zero-order valence-corrected chi connectivity index (χ0v) is 28.9. The van der Waals surface area contributed by atoms with Gasteiger partial charge in [0.2, 0.25) is 11.8 Å². The molecule has 0 fully saturated rings. The normalized spacial score (nSPS) is 11.9. The molecule has 0 spiro atoms. The van der Waals surface area contributed by atoms with Crippen molar-refractivity contribution in [3.05, 3.63) is 124 Å². The molecule has 0 heterocycles. The summed E-state index contributed by atoms with van der Waals surface area (Å²) in [5.74, 6) is -0.642. The minimum atomic E-state index is -4.31. The summed E-state index contributed by atoms with van der Waals surface area (Å²) in [5.41, 5.74) is 3.64. The monoisotopic (exact) mass is 675 g/mol. The Morgan fingerprint density at radius 3 is 2.26 bits per heavy atom. The van der Waals surface area contributed by atoms with Crippen LogP contribution in [0.25, 0.3) is 0 Å². The standard InChI is InChI=1S/C37H42ClN3O5S/c1-5-6-22-39-37(43)34(23-29-13-8-7-9-14-29)40(25-30-15-11-10-12-28(30)3)36(42)26-41(33-24-31(38)18-21-35(33)46-4)47(44,45)32-19-16-27(2)17-20-32/h7-21,24,34H,5-6,22-23,25-26H2,1-4H3,(H,39,43)/t34-/m0/s1. The largest absolute Gasteiger partial charge is 0.495 e. The first kappa shape index (κ1) is 35.5. The second kappa shape index (κ2) is 16.5. The average molecular weight is 676 g/mol. The molecule has 0 saturated carbocycles. The van der Waals surface area contributed by atoms with Gasteiger partial charge in [-0.25, -0.2) is 8.42 Å². The number of nitrogens with one attached hydrogen (secondary N) is 1. The van der Waals surface area contributed by atoms with Gasteiger partial charge in [-0.2, -0.15) is 0 Å². The second-order valence-corrected chi connectivity index (χ2v) is 13.7. The van der Waals surface area contributed by atoms with Gasteiger partial charge in [0.1, 0.15) is 18.3 Å². The summed E-state index contributed by atoms with van der Waals surface area (Å²) >= 11 is 6.38. The van der Waals surface area contributed by atoms with Crippen molar-refractivity contribution in [3.8, 4) is 5.75 Å². The van der Waals surface area contributed by atoms with E-state index in [0.29, 0.717) is 6.54 Å². The van der Waals surface area contributed by atoms with Crippen molar-refractivity contribution in [2.24, 2.45) is 0 Å². The zero-order chi connectivity index (χ0) is 34.0. The lowest BCUT2D eigenvalue weighted by Crippen LogP contribution is -2.53. The van der Waals surface area contributed by atoms with Gasteiger partial charge in [0.25, 0.3) is 10.0 Å². The Balaban J connectivity index is 1.85. The number of unbranched alkanes of at least 4 members (excludes halogenated alkanes) is 1. The Bertz CT molecular complexity index is 1760. The zero-order valence-electron chi connectivity index (χ0n) is 27.3. The van der Waals surface area contributed by atoms with Crippen LogP contribution in [0.2, 0.25) is 5.02 Å². The first-order valence-electron chi connectivity index (χ1n) is 15.6. The van der Waals surface area contributed by atoms with E-state index in [1.165, 1.54) is 30.2 Å². The molecule has 0 bridgehead atoms. The molecule has 1 N–H and O–H groups in total. The Labute approximate surface area is 283 Å². The van der Waals surface area contributed by atoms with Crippen LogP contribution >= 0.6 is 11.6 Å². The molecular weight excluding hydrogens is 634 g/mol. The molecule has 10 heteroatoms. The molecule has 0 radical (unpaired) electrons. The van der Waals surface area contributed by atoms with E-state index >= 15 is 0 Å². The summed E-state index contributed by atoms with van der Waals surface area (Å²) in [7, 11) is -2.88. The van der Waals surface area contributed by atoms with Crippen molar-refractivity contribution in [2.45, 2.75) is 57.5 Å². The number of nitrogens with zero attached hydrogens (tertiary/aromatic N) is 2. The van der Waals surface area contributed by atoms with Crippen LogP contribution < -0.4 is 14.4 Å². The van der Waals surface area contributed by atoms with Gasteiger partial charge in [0.05, 0.1) is 17.7 Å². The molecule has 0 unspecified atom stereocenters. The number of carbonyl (C=O) groups is 2. The highest BCUT2D eigenvalue weighted by atomic mass is 35.5. The van der Waals surface area contributed by atoms with E-state index in [4.69, 9.17) is 16.3 Å². The Morgan fingerprint density at radius 2 is 1.60 bits per heavy atom. The molecular formula is C37H42ClN3O5S. The number of sulfonamides is 1. The van der Waals surface area contributed by atoms with Crippen LogP contribution in [0.5, 0.6) is 5.75 Å². The van der Waals surface area contributed by atoms with Crippen LogP contribution in [0.15, 0.2) is 102 Å². The fraction of sp³-hybridized carbons (Fsp3) is 0.297. The number of methoxy groups -OCH3 is 1. The molecule has 4 aromatic rings. The summed E-state index contributed by atoms with van der Waals surface area (Å²) in [5, 5.41) is 3.28. The topological polar surface area (TPSA) is 96.0 Å². The van der Waals surface area contributed by atoms with Crippen molar-refractivity contribution in [2.75, 3.05) is 24.5 Å². The number of benzene rings is 4. The van der Waals surface area contributed by atoms with Crippen molar-refractivity contribution in [3.63, 3.8) is 0 Å². The number of halogens is 1. The van der Waals surface area contributed by atoms with Crippen molar-refractivity contribution in [1.29, 1.82) is 0 Å². The van der Waals surface area contributed by atoms with Gasteiger partial charge >= 0.3 is 0 Å². The predicted octanol–water partition coefficient (Wildman–Crippen LogP) is 6.72. The number of carbonyl (C=O) groups excluding carboxylic acids is 2. The van der Waals surface area contributed by atoms with E-state index in [0.717, 1.165) is 39.4 Å². The predicted molar refractivity (Wildman–Crippen MR) is 187 cm³/mol. The van der Waals surface area contributed by atoms with Crippen LogP contribution in [0, 0.1) is 13.8 Å². The molecule has 4 rings (SSSR count). The molecule has 0 aromatic heterocycles. The highest BCUT2D eigenvalue weighted by Crippen LogP contribution is 2.35. The minimum Gasteiger partial charge on any atom is -0.495 e. The maximum Gasteiger partial charge on any atom is 0.264 e. The van der Waals surface area contributed by atoms with Gasteiger partial charge in [0.15, 0.2) is 0 Å². The number of aryl methyl sites for hydroxylation is 2. The lowest BCUT2D eigenvalue weighted by Gasteiger charge is -2.34. The van der Waals surface area contributed by atoms with Gasteiger partial charge < -0.3 is 15.0 Å². The molecule has 0 aliphatic rings. The number of hydrogen-bond acceptors (Lipinski definition) is 5. The van der Waals surface area contributed by atoms with Crippen molar-refractivity contribution in [1.82, 2.24) is 10.2 Å². The van der Waals surface area contributed by atoms with Crippen LogP contribution in [0.1, 0.15) is 42.0 Å². The lowest BCUT2D eigenvalue weighted by atomic mass is 10.0. The van der Waals surface area contributed by atoms with Gasteiger partial charge in [-0.15, -0.1) is 0 Å². The summed E-state index contributed by atoms with van der Waals surface area (Å²) < 4.78 is 35.2. The first-order chi connectivity index (χ1) is 22.5. The number of ether oxygens (including phenoxy) is 1. The van der Waals surface area contributed by atoms with E-state index in [9.17, 15) is 18.0 Å². The van der Waals surface area contributed by atoms with Crippen molar-refractivity contribution >= 4 is 39.1 Å². The third-order valence-electron chi connectivity index (χ3n) is 8.00. The maximum absolute atomic E-state index is 14.7. The molecule has 1 atom stereocenters. The number of anilines is 1. The Kier molecular flexibility index (Phi) is 12.4. The summed E-state index contributed by atoms with van der Waals surface area (Å²) in [6, 6.07) is 27.2. The Morgan fingerprint density at radius 1 is 0.915 bits per heavy atom. The maximum atomic E-state index is 14.7. The third kappa shape index (κ3) is 9.14. The average Bonchev–Trinajstić information content (AvgIpc) is 3.06. The van der Waals surface area contributed by atoms with Crippen LogP contribution in [-0.2, 0) is 32.6 Å². The van der Waals surface area contributed by atoms with Gasteiger partial charge in [-0.3, -0.25) is 13.9 Å². The summed E-state index contributed by atoms with van der Waals surface area (Å²) in [4.78, 5) is 30.1. The second-order valence-electron chi connectivity index (χ2n) is 11.4. The molecule has 0 aliphatic heterocycles. The Hall–Kier alpha value is -4.34.